The Hall–Kier alpha value is -0.403. The first kappa shape index (κ1) is 14.7. The summed E-state index contributed by atoms with van der Waals surface area (Å²) in [6, 6.07) is 0.711. The van der Waals surface area contributed by atoms with E-state index in [1.165, 1.54) is 11.4 Å². The molecule has 1 aliphatic rings. The first-order valence-electron chi connectivity index (χ1n) is 5.62. The molecule has 2 unspecified atom stereocenters. The standard InChI is InChI=1S/C10H21NO4SSi/c1-10(9(12)15-2)8-11(10)16(13,14)6-7-17(3,4)5/h6-8H2,1-5H3. The van der Waals surface area contributed by atoms with E-state index in [1.54, 1.807) is 6.92 Å². The number of hydrogen-bond donors (Lipinski definition) is 0. The molecule has 0 radical (unpaired) electrons. The molecule has 2 atom stereocenters. The monoisotopic (exact) mass is 279 g/mol. The van der Waals surface area contributed by atoms with Gasteiger partial charge in [0, 0.05) is 14.6 Å². The Bertz CT molecular complexity index is 415. The molecular formula is C10H21NO4SSi. The van der Waals surface area contributed by atoms with Crippen molar-refractivity contribution in [2.24, 2.45) is 0 Å². The van der Waals surface area contributed by atoms with Crippen LogP contribution in [0.2, 0.25) is 25.7 Å². The smallest absolute Gasteiger partial charge is 0.328 e. The average Bonchev–Trinajstić information content (AvgIpc) is 2.88. The van der Waals surface area contributed by atoms with E-state index in [4.69, 9.17) is 0 Å². The van der Waals surface area contributed by atoms with Crippen LogP contribution in [0.4, 0.5) is 0 Å². The fourth-order valence-corrected chi connectivity index (χ4v) is 6.42. The second kappa shape index (κ2) is 4.36. The number of sulfonamides is 1. The molecule has 1 fully saturated rings. The average molecular weight is 279 g/mol. The van der Waals surface area contributed by atoms with Crippen molar-refractivity contribution < 1.29 is 17.9 Å². The molecule has 0 aromatic heterocycles. The minimum absolute atomic E-state index is 0.134. The Morgan fingerprint density at radius 2 is 1.94 bits per heavy atom. The maximum absolute atomic E-state index is 12.0. The molecule has 5 nitrogen and oxygen atoms in total. The van der Waals surface area contributed by atoms with E-state index in [0.717, 1.165) is 0 Å². The molecule has 0 aliphatic carbocycles. The van der Waals surface area contributed by atoms with Crippen molar-refractivity contribution in [1.82, 2.24) is 4.31 Å². The lowest BCUT2D eigenvalue weighted by Crippen LogP contribution is -2.33. The Labute approximate surface area is 104 Å². The van der Waals surface area contributed by atoms with Gasteiger partial charge in [0.15, 0.2) is 0 Å². The first-order chi connectivity index (χ1) is 7.53. The van der Waals surface area contributed by atoms with Crippen LogP contribution < -0.4 is 0 Å². The summed E-state index contributed by atoms with van der Waals surface area (Å²) in [6.45, 7) is 8.23. The molecule has 0 N–H and O–H groups in total. The number of rotatable bonds is 5. The van der Waals surface area contributed by atoms with Gasteiger partial charge in [0.25, 0.3) is 0 Å². The predicted octanol–water partition coefficient (Wildman–Crippen LogP) is 0.902. The van der Waals surface area contributed by atoms with Crippen molar-refractivity contribution in [3.63, 3.8) is 0 Å². The summed E-state index contributed by atoms with van der Waals surface area (Å²) >= 11 is 0. The number of esters is 1. The molecular weight excluding hydrogens is 258 g/mol. The zero-order chi connectivity index (χ0) is 13.5. The normalized spacial score (nSPS) is 28.9. The molecule has 7 heteroatoms. The minimum atomic E-state index is -3.32. The summed E-state index contributed by atoms with van der Waals surface area (Å²) in [4.78, 5) is 11.4. The second-order valence-corrected chi connectivity index (χ2v) is 13.5. The highest BCUT2D eigenvalue weighted by Gasteiger charge is 2.61. The van der Waals surface area contributed by atoms with E-state index in [0.29, 0.717) is 6.04 Å². The third-order valence-corrected chi connectivity index (χ3v) is 7.01. The topological polar surface area (TPSA) is 63.5 Å². The van der Waals surface area contributed by atoms with Crippen LogP contribution in [-0.4, -0.2) is 51.7 Å². The highest BCUT2D eigenvalue weighted by molar-refractivity contribution is 7.89. The molecule has 0 aromatic rings. The van der Waals surface area contributed by atoms with Gasteiger partial charge in [-0.1, -0.05) is 19.6 Å². The van der Waals surface area contributed by atoms with E-state index in [-0.39, 0.29) is 12.3 Å². The molecule has 0 spiro atoms. The number of nitrogens with zero attached hydrogens (tertiary/aromatic N) is 1. The third kappa shape index (κ3) is 3.29. The molecule has 1 saturated heterocycles. The van der Waals surface area contributed by atoms with Gasteiger partial charge in [-0.3, -0.25) is 0 Å². The van der Waals surface area contributed by atoms with E-state index in [2.05, 4.69) is 24.4 Å². The quantitative estimate of drug-likeness (QED) is 0.426. The number of ether oxygens (including phenoxy) is 1. The summed E-state index contributed by atoms with van der Waals surface area (Å²) in [7, 11) is -3.43. The van der Waals surface area contributed by atoms with Crippen molar-refractivity contribution in [2.75, 3.05) is 19.4 Å². The van der Waals surface area contributed by atoms with Crippen LogP contribution in [0.25, 0.3) is 0 Å². The van der Waals surface area contributed by atoms with Gasteiger partial charge >= 0.3 is 5.97 Å². The third-order valence-electron chi connectivity index (χ3n) is 2.97. The Kier molecular flexibility index (Phi) is 3.76. The van der Waals surface area contributed by atoms with Crippen LogP contribution in [0.5, 0.6) is 0 Å². The molecule has 0 amide bonds. The molecule has 1 rings (SSSR count). The summed E-state index contributed by atoms with van der Waals surface area (Å²) in [5.41, 5.74) is -0.965. The Morgan fingerprint density at radius 3 is 2.35 bits per heavy atom. The number of carbonyl (C=O) groups excluding carboxylic acids is 1. The highest BCUT2D eigenvalue weighted by atomic mass is 32.2. The molecule has 0 saturated carbocycles. The lowest BCUT2D eigenvalue weighted by Gasteiger charge is -2.16. The van der Waals surface area contributed by atoms with Gasteiger partial charge in [0.1, 0.15) is 5.54 Å². The summed E-state index contributed by atoms with van der Waals surface area (Å²) in [6.07, 6.45) is 0. The molecule has 0 aromatic carbocycles. The lowest BCUT2D eigenvalue weighted by molar-refractivity contribution is -0.143. The van der Waals surface area contributed by atoms with Crippen molar-refractivity contribution >= 4 is 24.1 Å². The largest absolute Gasteiger partial charge is 0.468 e. The zero-order valence-corrected chi connectivity index (χ0v) is 12.9. The van der Waals surface area contributed by atoms with Gasteiger partial charge in [-0.2, -0.15) is 4.31 Å². The van der Waals surface area contributed by atoms with Crippen LogP contribution in [-0.2, 0) is 19.6 Å². The molecule has 17 heavy (non-hydrogen) atoms. The fourth-order valence-electron chi connectivity index (χ4n) is 1.58. The van der Waals surface area contributed by atoms with Crippen LogP contribution in [0.1, 0.15) is 6.92 Å². The van der Waals surface area contributed by atoms with E-state index in [1.807, 2.05) is 0 Å². The van der Waals surface area contributed by atoms with Gasteiger partial charge in [-0.25, -0.2) is 13.2 Å². The van der Waals surface area contributed by atoms with Crippen molar-refractivity contribution in [3.8, 4) is 0 Å². The van der Waals surface area contributed by atoms with Crippen LogP contribution in [0, 0.1) is 0 Å². The minimum Gasteiger partial charge on any atom is -0.468 e. The van der Waals surface area contributed by atoms with Gasteiger partial charge in [-0.05, 0) is 13.0 Å². The molecule has 1 heterocycles. The molecule has 100 valence electrons. The maximum atomic E-state index is 12.0. The van der Waals surface area contributed by atoms with Crippen molar-refractivity contribution in [2.45, 2.75) is 38.1 Å². The number of methoxy groups -OCH3 is 1. The van der Waals surface area contributed by atoms with Gasteiger partial charge < -0.3 is 4.74 Å². The number of hydrogen-bond acceptors (Lipinski definition) is 4. The highest BCUT2D eigenvalue weighted by Crippen LogP contribution is 2.37. The summed E-state index contributed by atoms with van der Waals surface area (Å²) in [5.74, 6) is -0.343. The van der Waals surface area contributed by atoms with Crippen LogP contribution in [0.15, 0.2) is 0 Å². The van der Waals surface area contributed by atoms with Crippen LogP contribution in [0.3, 0.4) is 0 Å². The van der Waals surface area contributed by atoms with Crippen molar-refractivity contribution in [3.05, 3.63) is 0 Å². The van der Waals surface area contributed by atoms with Gasteiger partial charge in [0.05, 0.1) is 12.9 Å². The molecule has 0 bridgehead atoms. The van der Waals surface area contributed by atoms with Crippen molar-refractivity contribution in [1.29, 1.82) is 0 Å². The van der Waals surface area contributed by atoms with E-state index >= 15 is 0 Å². The Morgan fingerprint density at radius 1 is 1.41 bits per heavy atom. The Balaban J connectivity index is 2.67. The summed E-state index contributed by atoms with van der Waals surface area (Å²) in [5, 5.41) is 0. The predicted molar refractivity (Wildman–Crippen MR) is 69.1 cm³/mol. The van der Waals surface area contributed by atoms with E-state index in [9.17, 15) is 13.2 Å². The van der Waals surface area contributed by atoms with Gasteiger partial charge in [0.2, 0.25) is 10.0 Å². The molecule has 1 aliphatic heterocycles. The van der Waals surface area contributed by atoms with Crippen LogP contribution >= 0.6 is 0 Å². The SMILES string of the molecule is COC(=O)C1(C)CN1S(=O)(=O)CC[Si](C)(C)C. The van der Waals surface area contributed by atoms with Gasteiger partial charge in [-0.15, -0.1) is 0 Å². The first-order valence-corrected chi connectivity index (χ1v) is 10.9. The number of carbonyl (C=O) groups is 1. The second-order valence-electron chi connectivity index (χ2n) is 5.90. The maximum Gasteiger partial charge on any atom is 0.328 e. The fraction of sp³-hybridized carbons (Fsp3) is 0.900. The van der Waals surface area contributed by atoms with E-state index < -0.39 is 29.6 Å². The summed E-state index contributed by atoms with van der Waals surface area (Å²) < 4.78 is 29.9. The zero-order valence-electron chi connectivity index (χ0n) is 11.1. The lowest BCUT2D eigenvalue weighted by atomic mass is 10.2.